The van der Waals surface area contributed by atoms with Crippen LogP contribution in [0.15, 0.2) is 60.0 Å². The van der Waals surface area contributed by atoms with Gasteiger partial charge in [0.2, 0.25) is 0 Å². The second-order valence-electron chi connectivity index (χ2n) is 9.51. The highest BCUT2D eigenvalue weighted by molar-refractivity contribution is 7.99. The number of nitrogens with zero attached hydrogens (tertiary/aromatic N) is 5. The molecule has 6 rings (SSSR count). The third-order valence-corrected chi connectivity index (χ3v) is 8.45. The average Bonchev–Trinajstić information content (AvgIpc) is 3.64. The van der Waals surface area contributed by atoms with E-state index in [1.165, 1.54) is 7.11 Å². The molecule has 0 radical (unpaired) electrons. The predicted molar refractivity (Wildman–Crippen MR) is 137 cm³/mol. The van der Waals surface area contributed by atoms with Crippen LogP contribution in [0.1, 0.15) is 5.69 Å². The molecule has 1 amide bonds. The lowest BCUT2D eigenvalue weighted by Gasteiger charge is -2.44. The van der Waals surface area contributed by atoms with Crippen molar-refractivity contribution in [3.8, 4) is 5.75 Å². The summed E-state index contributed by atoms with van der Waals surface area (Å²) in [4.78, 5) is 20.9. The molecule has 2 aromatic rings. The molecule has 194 valence electrons. The number of carbonyl (C=O) groups excluding carboxylic acids is 1. The lowest BCUT2D eigenvalue weighted by atomic mass is 10.1. The van der Waals surface area contributed by atoms with E-state index in [9.17, 15) is 18.0 Å². The number of thioether (sulfide) groups is 1. The zero-order valence-electron chi connectivity index (χ0n) is 20.4. The molecule has 1 aromatic heterocycles. The fourth-order valence-corrected chi connectivity index (χ4v) is 6.59. The Morgan fingerprint density at radius 1 is 1.16 bits per heavy atom. The highest BCUT2D eigenvalue weighted by Gasteiger charge is 2.48. The fourth-order valence-electron chi connectivity index (χ4n) is 5.64. The maximum Gasteiger partial charge on any atom is 0.433 e. The van der Waals surface area contributed by atoms with Gasteiger partial charge in [-0.2, -0.15) is 17.8 Å². The first-order chi connectivity index (χ1) is 17.8. The van der Waals surface area contributed by atoms with Gasteiger partial charge in [0.25, 0.3) is 5.91 Å². The number of ether oxygens (including phenoxy) is 1. The monoisotopic (exact) mass is 530 g/mol. The first-order valence-electron chi connectivity index (χ1n) is 12.2. The molecule has 0 spiro atoms. The van der Waals surface area contributed by atoms with Crippen molar-refractivity contribution >= 4 is 34.3 Å². The summed E-state index contributed by atoms with van der Waals surface area (Å²) < 4.78 is 47.1. The van der Waals surface area contributed by atoms with Gasteiger partial charge in [-0.25, -0.2) is 4.98 Å². The first-order valence-corrected chi connectivity index (χ1v) is 13.4. The van der Waals surface area contributed by atoms with Crippen LogP contribution < -0.4 is 9.64 Å². The smallest absolute Gasteiger partial charge is 0.433 e. The van der Waals surface area contributed by atoms with Gasteiger partial charge in [0, 0.05) is 37.5 Å². The van der Waals surface area contributed by atoms with Crippen molar-refractivity contribution in [1.29, 1.82) is 0 Å². The van der Waals surface area contributed by atoms with Crippen molar-refractivity contribution < 1.29 is 27.3 Å². The van der Waals surface area contributed by atoms with Crippen molar-refractivity contribution in [2.45, 2.75) is 6.18 Å². The van der Waals surface area contributed by atoms with Crippen LogP contribution in [0.3, 0.4) is 0 Å². The molecule has 1 atom stereocenters. The van der Waals surface area contributed by atoms with Gasteiger partial charge in [0.05, 0.1) is 48.2 Å². The number of pyridine rings is 1. The Morgan fingerprint density at radius 2 is 1.97 bits per heavy atom. The Kier molecular flexibility index (Phi) is 5.96. The number of halogens is 3. The zero-order chi connectivity index (χ0) is 25.8. The average molecular weight is 531 g/mol. The molecule has 0 unspecified atom stereocenters. The maximum absolute atomic E-state index is 13.7. The number of piperazine rings is 1. The summed E-state index contributed by atoms with van der Waals surface area (Å²) >= 11 is 1.77. The van der Waals surface area contributed by atoms with E-state index in [1.807, 2.05) is 28.0 Å². The molecule has 5 heterocycles. The number of fused-ring (bicyclic) bond motifs is 2. The normalized spacial score (nSPS) is 24.0. The van der Waals surface area contributed by atoms with Crippen LogP contribution >= 0.6 is 11.8 Å². The number of rotatable bonds is 4. The number of allylic oxidation sites excluding steroid dienone is 3. The predicted octanol–water partition coefficient (Wildman–Crippen LogP) is 4.00. The minimum atomic E-state index is -4.55. The Hall–Kier alpha value is -3.02. The number of quaternary nitrogens is 1. The summed E-state index contributed by atoms with van der Waals surface area (Å²) in [6, 6.07) is 6.12. The van der Waals surface area contributed by atoms with Crippen molar-refractivity contribution in [1.82, 2.24) is 14.9 Å². The number of anilines is 1. The molecule has 0 aliphatic carbocycles. The summed E-state index contributed by atoms with van der Waals surface area (Å²) in [5, 5.41) is 2.88. The lowest BCUT2D eigenvalue weighted by molar-refractivity contribution is -0.948. The van der Waals surface area contributed by atoms with Crippen molar-refractivity contribution in [3.63, 3.8) is 0 Å². The van der Waals surface area contributed by atoms with Gasteiger partial charge in [-0.3, -0.25) is 4.79 Å². The van der Waals surface area contributed by atoms with Crippen LogP contribution in [0, 0.1) is 0 Å². The summed E-state index contributed by atoms with van der Waals surface area (Å²) in [6.07, 6.45) is 3.62. The van der Waals surface area contributed by atoms with E-state index in [2.05, 4.69) is 16.2 Å². The first kappa shape index (κ1) is 24.3. The van der Waals surface area contributed by atoms with Gasteiger partial charge in [-0.15, -0.1) is 16.8 Å². The fraction of sp³-hybridized carbons (Fsp3) is 0.385. The molecule has 11 heteroatoms. The summed E-state index contributed by atoms with van der Waals surface area (Å²) in [5.41, 5.74) is 1.68. The SMILES string of the molecule is COc1cccc2nc(C(F)(F)F)cc(N3CCN([N@@+]45C=CC=C4C=C(C(=O)N4CCSC4)C5)CC3)c12. The van der Waals surface area contributed by atoms with Gasteiger partial charge in [0.1, 0.15) is 24.2 Å². The summed E-state index contributed by atoms with van der Waals surface area (Å²) in [7, 11) is 1.51. The van der Waals surface area contributed by atoms with Gasteiger partial charge in [-0.1, -0.05) is 6.07 Å². The number of hydrogen-bond donors (Lipinski definition) is 0. The number of amides is 1. The molecular formula is C26H27F3N5O2S+. The molecule has 0 N–H and O–H groups in total. The lowest BCUT2D eigenvalue weighted by Crippen LogP contribution is -2.60. The van der Waals surface area contributed by atoms with Gasteiger partial charge < -0.3 is 14.5 Å². The molecule has 2 fully saturated rings. The van der Waals surface area contributed by atoms with E-state index in [-0.39, 0.29) is 11.4 Å². The molecule has 0 saturated carbocycles. The van der Waals surface area contributed by atoms with E-state index in [4.69, 9.17) is 4.74 Å². The van der Waals surface area contributed by atoms with Crippen molar-refractivity contribution in [2.24, 2.45) is 0 Å². The molecule has 2 saturated heterocycles. The van der Waals surface area contributed by atoms with Crippen LogP contribution in [-0.4, -0.2) is 83.4 Å². The molecular weight excluding hydrogens is 503 g/mol. The molecule has 4 aliphatic rings. The van der Waals surface area contributed by atoms with Gasteiger partial charge in [-0.05, 0) is 24.3 Å². The Bertz CT molecular complexity index is 1340. The molecule has 1 aromatic carbocycles. The van der Waals surface area contributed by atoms with E-state index >= 15 is 0 Å². The van der Waals surface area contributed by atoms with Crippen molar-refractivity contribution in [3.05, 3.63) is 65.7 Å². The largest absolute Gasteiger partial charge is 0.496 e. The number of alkyl halides is 3. The van der Waals surface area contributed by atoms with E-state index < -0.39 is 11.9 Å². The number of aromatic nitrogens is 1. The summed E-state index contributed by atoms with van der Waals surface area (Å²) in [5.74, 6) is 2.29. The third kappa shape index (κ3) is 4.09. The standard InChI is InChI=1S/C26H27F3N5O2S/c1-36-22-6-2-5-20-24(22)21(15-23(30-20)26(27,28)29)31-7-9-33(10-8-31)34-12-3-4-19(34)14-18(16-34)25(35)32-11-13-37-17-32/h2-6,12,14-15H,7-11,13,16-17H2,1H3/q+1/t34-/m1/s1. The molecule has 37 heavy (non-hydrogen) atoms. The van der Waals surface area contributed by atoms with E-state index in [1.54, 1.807) is 30.0 Å². The topological polar surface area (TPSA) is 48.9 Å². The van der Waals surface area contributed by atoms with Crippen LogP contribution in [0.25, 0.3) is 10.9 Å². The maximum atomic E-state index is 13.7. The number of benzene rings is 1. The second-order valence-corrected chi connectivity index (χ2v) is 10.6. The van der Waals surface area contributed by atoms with Crippen LogP contribution in [0.2, 0.25) is 0 Å². The quantitative estimate of drug-likeness (QED) is 0.557. The van der Waals surface area contributed by atoms with Crippen LogP contribution in [0.4, 0.5) is 18.9 Å². The second kappa shape index (κ2) is 9.07. The minimum absolute atomic E-state index is 0.0971. The highest BCUT2D eigenvalue weighted by atomic mass is 32.2. The Morgan fingerprint density at radius 3 is 2.68 bits per heavy atom. The molecule has 4 aliphatic heterocycles. The van der Waals surface area contributed by atoms with E-state index in [0.29, 0.717) is 54.1 Å². The van der Waals surface area contributed by atoms with Crippen LogP contribution in [-0.2, 0) is 11.0 Å². The highest BCUT2D eigenvalue weighted by Crippen LogP contribution is 2.41. The minimum Gasteiger partial charge on any atom is -0.496 e. The zero-order valence-corrected chi connectivity index (χ0v) is 21.2. The number of methoxy groups -OCH3 is 1. The van der Waals surface area contributed by atoms with Gasteiger partial charge >= 0.3 is 6.18 Å². The third-order valence-electron chi connectivity index (χ3n) is 7.48. The number of hydrogen-bond acceptors (Lipinski definition) is 6. The Labute approximate surface area is 217 Å². The Balaban J connectivity index is 1.26. The molecule has 7 nitrogen and oxygen atoms in total. The molecule has 0 bridgehead atoms. The van der Waals surface area contributed by atoms with Crippen molar-refractivity contribution in [2.75, 3.05) is 62.9 Å². The van der Waals surface area contributed by atoms with Gasteiger partial charge in [0.15, 0.2) is 5.70 Å². The summed E-state index contributed by atoms with van der Waals surface area (Å²) in [6.45, 7) is 3.64. The number of carbonyl (C=O) groups is 1. The van der Waals surface area contributed by atoms with E-state index in [0.717, 1.165) is 35.5 Å². The van der Waals surface area contributed by atoms with Crippen LogP contribution in [0.5, 0.6) is 5.75 Å².